The Morgan fingerprint density at radius 2 is 1.43 bits per heavy atom. The van der Waals surface area contributed by atoms with E-state index < -0.39 is 9.84 Å². The predicted molar refractivity (Wildman–Crippen MR) is 114 cm³/mol. The molecule has 1 unspecified atom stereocenters. The first-order chi connectivity index (χ1) is 12.9. The molecule has 0 bridgehead atoms. The average molecular weight is 397 g/mol. The van der Waals surface area contributed by atoms with Crippen LogP contribution in [0.5, 0.6) is 0 Å². The van der Waals surface area contributed by atoms with Crippen molar-refractivity contribution >= 4 is 21.7 Å². The fraction of sp³-hybridized carbons (Fsp3) is 0.375. The summed E-state index contributed by atoms with van der Waals surface area (Å²) in [4.78, 5) is 11.6. The zero-order valence-electron chi connectivity index (χ0n) is 17.4. The first-order valence-electron chi connectivity index (χ1n) is 9.52. The molecule has 28 heavy (non-hydrogen) atoms. The zero-order valence-corrected chi connectivity index (χ0v) is 18.2. The van der Waals surface area contributed by atoms with E-state index in [1.807, 2.05) is 0 Å². The minimum atomic E-state index is -3.25. The lowest BCUT2D eigenvalue weighted by Crippen LogP contribution is -2.30. The number of carbonyl (C=O) groups is 1. The van der Waals surface area contributed by atoms with Gasteiger partial charge in [0.1, 0.15) is 6.29 Å². The maximum absolute atomic E-state index is 11.7. The molecule has 1 aliphatic rings. The Morgan fingerprint density at radius 1 is 0.893 bits per heavy atom. The summed E-state index contributed by atoms with van der Waals surface area (Å²) < 4.78 is 23.5. The molecule has 0 aliphatic heterocycles. The van der Waals surface area contributed by atoms with Crippen LogP contribution in [0.3, 0.4) is 0 Å². The van der Waals surface area contributed by atoms with Gasteiger partial charge >= 0.3 is 0 Å². The number of rotatable bonds is 4. The monoisotopic (exact) mass is 396 g/mol. The van der Waals surface area contributed by atoms with E-state index in [4.69, 9.17) is 0 Å². The molecule has 1 atom stereocenters. The Balaban J connectivity index is 2.13. The molecule has 4 heteroatoms. The van der Waals surface area contributed by atoms with Gasteiger partial charge in [-0.2, -0.15) is 0 Å². The smallest absolute Gasteiger partial charge is 0.175 e. The van der Waals surface area contributed by atoms with Crippen molar-refractivity contribution in [2.75, 3.05) is 6.26 Å². The van der Waals surface area contributed by atoms with Crippen LogP contribution in [0.25, 0.3) is 5.57 Å². The molecule has 0 heterocycles. The number of benzene rings is 2. The predicted octanol–water partition coefficient (Wildman–Crippen LogP) is 4.93. The zero-order chi connectivity index (χ0) is 20.9. The molecule has 0 N–H and O–H groups in total. The molecule has 0 radical (unpaired) electrons. The summed E-state index contributed by atoms with van der Waals surface area (Å²) in [6.07, 6.45) is 3.52. The molecule has 0 spiro atoms. The van der Waals surface area contributed by atoms with E-state index in [9.17, 15) is 13.2 Å². The van der Waals surface area contributed by atoms with Gasteiger partial charge in [0.25, 0.3) is 0 Å². The first kappa shape index (κ1) is 20.5. The Kier molecular flexibility index (Phi) is 4.91. The molecule has 0 saturated heterocycles. The minimum absolute atomic E-state index is 0.0290. The molecule has 0 saturated carbocycles. The van der Waals surface area contributed by atoms with Crippen LogP contribution in [-0.4, -0.2) is 21.0 Å². The van der Waals surface area contributed by atoms with Gasteiger partial charge in [0.2, 0.25) is 0 Å². The molecular formula is C24H28O3S. The van der Waals surface area contributed by atoms with Crippen LogP contribution in [-0.2, 0) is 25.5 Å². The third-order valence-electron chi connectivity index (χ3n) is 6.71. The Hall–Kier alpha value is -2.20. The SMILES string of the molecule is CC1C(C)(C)c2ccc(C(=CC=O)c3ccc(S(C)(=O)=O)cc3)cc2C1(C)C. The van der Waals surface area contributed by atoms with Crippen LogP contribution >= 0.6 is 0 Å². The van der Waals surface area contributed by atoms with Crippen LogP contribution in [0.1, 0.15) is 56.9 Å². The maximum Gasteiger partial charge on any atom is 0.175 e. The van der Waals surface area contributed by atoms with E-state index in [1.165, 1.54) is 17.4 Å². The second-order valence-electron chi connectivity index (χ2n) is 8.94. The molecule has 0 aromatic heterocycles. The van der Waals surface area contributed by atoms with Crippen molar-refractivity contribution in [1.29, 1.82) is 0 Å². The molecule has 0 fully saturated rings. The fourth-order valence-electron chi connectivity index (χ4n) is 4.48. The van der Waals surface area contributed by atoms with E-state index >= 15 is 0 Å². The average Bonchev–Trinajstić information content (AvgIpc) is 2.76. The second-order valence-corrected chi connectivity index (χ2v) is 11.0. The van der Waals surface area contributed by atoms with Gasteiger partial charge in [-0.3, -0.25) is 4.79 Å². The molecule has 2 aromatic carbocycles. The highest BCUT2D eigenvalue weighted by molar-refractivity contribution is 7.90. The second kappa shape index (κ2) is 6.70. The van der Waals surface area contributed by atoms with Gasteiger partial charge in [-0.05, 0) is 62.8 Å². The topological polar surface area (TPSA) is 51.2 Å². The van der Waals surface area contributed by atoms with Gasteiger partial charge < -0.3 is 0 Å². The number of hydrogen-bond donors (Lipinski definition) is 0. The largest absolute Gasteiger partial charge is 0.299 e. The van der Waals surface area contributed by atoms with E-state index in [0.29, 0.717) is 5.92 Å². The molecule has 3 nitrogen and oxygen atoms in total. The highest BCUT2D eigenvalue weighted by atomic mass is 32.2. The van der Waals surface area contributed by atoms with Gasteiger partial charge in [0, 0.05) is 6.26 Å². The quantitative estimate of drug-likeness (QED) is 0.544. The van der Waals surface area contributed by atoms with Gasteiger partial charge in [-0.1, -0.05) is 65.0 Å². The van der Waals surface area contributed by atoms with Crippen molar-refractivity contribution in [2.24, 2.45) is 5.92 Å². The Morgan fingerprint density at radius 3 is 1.96 bits per heavy atom. The maximum atomic E-state index is 11.7. The van der Waals surface area contributed by atoms with Gasteiger partial charge in [-0.25, -0.2) is 8.42 Å². The van der Waals surface area contributed by atoms with Crippen molar-refractivity contribution in [3.8, 4) is 0 Å². The van der Waals surface area contributed by atoms with Gasteiger partial charge in [0.15, 0.2) is 9.84 Å². The van der Waals surface area contributed by atoms with Crippen LogP contribution in [0, 0.1) is 5.92 Å². The van der Waals surface area contributed by atoms with Crippen LogP contribution in [0.15, 0.2) is 53.4 Å². The molecule has 148 valence electrons. The number of aldehydes is 1. The highest BCUT2D eigenvalue weighted by Gasteiger charge is 2.48. The van der Waals surface area contributed by atoms with Gasteiger partial charge in [0.05, 0.1) is 4.90 Å². The highest BCUT2D eigenvalue weighted by Crippen LogP contribution is 2.54. The lowest BCUT2D eigenvalue weighted by molar-refractivity contribution is -0.104. The van der Waals surface area contributed by atoms with Crippen LogP contribution < -0.4 is 0 Å². The molecule has 2 aromatic rings. The normalized spacial score (nSPS) is 20.6. The standard InChI is InChI=1S/C24H28O3S/c1-16-23(2,3)21-12-9-18(15-22(21)24(16,4)5)20(13-14-25)17-7-10-19(11-8-17)28(6,26)27/h7-16H,1-6H3. The van der Waals surface area contributed by atoms with Crippen molar-refractivity contribution in [1.82, 2.24) is 0 Å². The molecule has 1 aliphatic carbocycles. The Labute approximate surface area is 168 Å². The third-order valence-corrected chi connectivity index (χ3v) is 7.84. The van der Waals surface area contributed by atoms with Crippen molar-refractivity contribution < 1.29 is 13.2 Å². The summed E-state index contributed by atoms with van der Waals surface area (Å²) in [6, 6.07) is 13.1. The summed E-state index contributed by atoms with van der Waals surface area (Å²) in [5.74, 6) is 0.484. The summed E-state index contributed by atoms with van der Waals surface area (Å²) in [6.45, 7) is 11.4. The number of allylic oxidation sites excluding steroid dienone is 1. The van der Waals surface area contributed by atoms with Crippen LogP contribution in [0.4, 0.5) is 0 Å². The van der Waals surface area contributed by atoms with E-state index in [2.05, 4.69) is 52.8 Å². The lowest BCUT2D eigenvalue weighted by atomic mass is 9.71. The fourth-order valence-corrected chi connectivity index (χ4v) is 5.11. The summed E-state index contributed by atoms with van der Waals surface area (Å²) in [5.41, 5.74) is 5.37. The molecule has 3 rings (SSSR count). The Bertz CT molecular complexity index is 1060. The van der Waals surface area contributed by atoms with Gasteiger partial charge in [-0.15, -0.1) is 0 Å². The van der Waals surface area contributed by atoms with Crippen molar-refractivity contribution in [2.45, 2.75) is 50.3 Å². The first-order valence-corrected chi connectivity index (χ1v) is 11.4. The van der Waals surface area contributed by atoms with Crippen LogP contribution in [0.2, 0.25) is 0 Å². The summed E-state index contributed by atoms with van der Waals surface area (Å²) in [7, 11) is -3.25. The van der Waals surface area contributed by atoms with E-state index in [-0.39, 0.29) is 15.7 Å². The van der Waals surface area contributed by atoms with E-state index in [1.54, 1.807) is 30.3 Å². The molecular weight excluding hydrogens is 368 g/mol. The van der Waals surface area contributed by atoms with E-state index in [0.717, 1.165) is 23.0 Å². The van der Waals surface area contributed by atoms with Crippen molar-refractivity contribution in [3.05, 3.63) is 70.8 Å². The number of hydrogen-bond acceptors (Lipinski definition) is 3. The summed E-state index contributed by atoms with van der Waals surface area (Å²) >= 11 is 0. The lowest BCUT2D eigenvalue weighted by Gasteiger charge is -2.32. The number of fused-ring (bicyclic) bond motifs is 1. The molecule has 0 amide bonds. The number of carbonyl (C=O) groups excluding carboxylic acids is 1. The summed E-state index contributed by atoms with van der Waals surface area (Å²) in [5, 5.41) is 0. The minimum Gasteiger partial charge on any atom is -0.299 e. The van der Waals surface area contributed by atoms with Crippen molar-refractivity contribution in [3.63, 3.8) is 0 Å². The third kappa shape index (κ3) is 3.24. The number of sulfone groups is 1.